The average Bonchev–Trinajstić information content (AvgIpc) is 3.06. The molecule has 1 saturated heterocycles. The number of anilines is 3. The van der Waals surface area contributed by atoms with E-state index in [1.807, 2.05) is 0 Å². The minimum absolute atomic E-state index is 0.0856. The highest BCUT2D eigenvalue weighted by molar-refractivity contribution is 5.96. The van der Waals surface area contributed by atoms with Crippen LogP contribution in [0.15, 0.2) is 48.5 Å². The fourth-order valence-corrected chi connectivity index (χ4v) is 2.81. The Morgan fingerprint density at radius 3 is 2.19 bits per heavy atom. The standard InChI is InChI=1S/C19H18F3N3O2/c20-19(21,22)13-3-5-14(6-4-13)23-12-17(26)24-15-7-9-16(10-8-15)25-11-1-2-18(25)27/h3-10,23H,1-2,11-12H2,(H,24,26). The Bertz CT molecular complexity index is 818. The first kappa shape index (κ1) is 18.8. The molecule has 0 aliphatic carbocycles. The molecule has 0 bridgehead atoms. The molecule has 0 aromatic heterocycles. The number of amides is 2. The van der Waals surface area contributed by atoms with E-state index in [1.54, 1.807) is 29.2 Å². The molecule has 2 amide bonds. The molecule has 2 aromatic carbocycles. The molecule has 1 aliphatic heterocycles. The van der Waals surface area contributed by atoms with Crippen molar-refractivity contribution in [2.24, 2.45) is 0 Å². The fraction of sp³-hybridized carbons (Fsp3) is 0.263. The van der Waals surface area contributed by atoms with Gasteiger partial charge in [0.05, 0.1) is 12.1 Å². The summed E-state index contributed by atoms with van der Waals surface area (Å²) < 4.78 is 37.6. The summed E-state index contributed by atoms with van der Waals surface area (Å²) >= 11 is 0. The van der Waals surface area contributed by atoms with Gasteiger partial charge in [-0.15, -0.1) is 0 Å². The SMILES string of the molecule is O=C(CNc1ccc(C(F)(F)F)cc1)Nc1ccc(N2CCCC2=O)cc1. The molecule has 1 fully saturated rings. The summed E-state index contributed by atoms with van der Waals surface area (Å²) in [4.78, 5) is 25.4. The van der Waals surface area contributed by atoms with Crippen LogP contribution in [0.4, 0.5) is 30.2 Å². The third kappa shape index (κ3) is 4.78. The molecule has 0 radical (unpaired) electrons. The highest BCUT2D eigenvalue weighted by Crippen LogP contribution is 2.29. The molecule has 1 heterocycles. The van der Waals surface area contributed by atoms with Crippen molar-refractivity contribution in [1.29, 1.82) is 0 Å². The average molecular weight is 377 g/mol. The zero-order valence-corrected chi connectivity index (χ0v) is 14.3. The van der Waals surface area contributed by atoms with Gasteiger partial charge in [-0.25, -0.2) is 0 Å². The van der Waals surface area contributed by atoms with Gasteiger partial charge in [0, 0.05) is 30.0 Å². The molecule has 3 rings (SSSR count). The largest absolute Gasteiger partial charge is 0.416 e. The lowest BCUT2D eigenvalue weighted by Crippen LogP contribution is -2.24. The Labute approximate surface area is 154 Å². The molecule has 8 heteroatoms. The van der Waals surface area contributed by atoms with Gasteiger partial charge in [0.2, 0.25) is 11.8 Å². The van der Waals surface area contributed by atoms with Gasteiger partial charge in [0.25, 0.3) is 0 Å². The first-order chi connectivity index (χ1) is 12.8. The lowest BCUT2D eigenvalue weighted by Gasteiger charge is -2.16. The number of carbonyl (C=O) groups excluding carboxylic acids is 2. The molecular weight excluding hydrogens is 359 g/mol. The van der Waals surface area contributed by atoms with Gasteiger partial charge in [0.1, 0.15) is 0 Å². The Balaban J connectivity index is 1.51. The number of alkyl halides is 3. The second-order valence-corrected chi connectivity index (χ2v) is 6.17. The summed E-state index contributed by atoms with van der Waals surface area (Å²) in [6.45, 7) is 0.610. The van der Waals surface area contributed by atoms with E-state index in [2.05, 4.69) is 10.6 Å². The summed E-state index contributed by atoms with van der Waals surface area (Å²) in [6, 6.07) is 11.4. The molecule has 0 spiro atoms. The first-order valence-corrected chi connectivity index (χ1v) is 8.44. The molecule has 1 aliphatic rings. The first-order valence-electron chi connectivity index (χ1n) is 8.44. The third-order valence-corrected chi connectivity index (χ3v) is 4.20. The van der Waals surface area contributed by atoms with Gasteiger partial charge in [0.15, 0.2) is 0 Å². The molecule has 0 saturated carbocycles. The third-order valence-electron chi connectivity index (χ3n) is 4.20. The summed E-state index contributed by atoms with van der Waals surface area (Å²) in [5, 5.41) is 5.46. The van der Waals surface area contributed by atoms with E-state index in [9.17, 15) is 22.8 Å². The zero-order valence-electron chi connectivity index (χ0n) is 14.3. The van der Waals surface area contributed by atoms with Crippen molar-refractivity contribution in [2.45, 2.75) is 19.0 Å². The van der Waals surface area contributed by atoms with Gasteiger partial charge in [-0.05, 0) is 55.0 Å². The number of halogens is 3. The second-order valence-electron chi connectivity index (χ2n) is 6.17. The Hall–Kier alpha value is -3.03. The van der Waals surface area contributed by atoms with Gasteiger partial charge in [-0.2, -0.15) is 13.2 Å². The maximum atomic E-state index is 12.5. The summed E-state index contributed by atoms with van der Waals surface area (Å²) in [5.41, 5.74) is 1.04. The highest BCUT2D eigenvalue weighted by atomic mass is 19.4. The fourth-order valence-electron chi connectivity index (χ4n) is 2.81. The number of carbonyl (C=O) groups is 2. The second kappa shape index (κ2) is 7.69. The predicted octanol–water partition coefficient (Wildman–Crippen LogP) is 3.88. The Morgan fingerprint density at radius 2 is 1.63 bits per heavy atom. The number of rotatable bonds is 5. The monoisotopic (exact) mass is 377 g/mol. The van der Waals surface area contributed by atoms with Gasteiger partial charge in [-0.1, -0.05) is 0 Å². The van der Waals surface area contributed by atoms with E-state index in [4.69, 9.17) is 0 Å². The highest BCUT2D eigenvalue weighted by Gasteiger charge is 2.29. The van der Waals surface area contributed by atoms with Crippen LogP contribution in [0.5, 0.6) is 0 Å². The van der Waals surface area contributed by atoms with Crippen molar-refractivity contribution < 1.29 is 22.8 Å². The molecule has 27 heavy (non-hydrogen) atoms. The summed E-state index contributed by atoms with van der Waals surface area (Å²) in [5.74, 6) is -0.243. The minimum Gasteiger partial charge on any atom is -0.376 e. The van der Waals surface area contributed by atoms with Gasteiger partial charge in [-0.3, -0.25) is 9.59 Å². The van der Waals surface area contributed by atoms with Crippen LogP contribution in [0.3, 0.4) is 0 Å². The molecule has 0 atom stereocenters. The van der Waals surface area contributed by atoms with E-state index in [1.165, 1.54) is 12.1 Å². The topological polar surface area (TPSA) is 61.4 Å². The lowest BCUT2D eigenvalue weighted by molar-refractivity contribution is -0.137. The maximum absolute atomic E-state index is 12.5. The van der Waals surface area contributed by atoms with Crippen LogP contribution >= 0.6 is 0 Å². The lowest BCUT2D eigenvalue weighted by atomic mass is 10.2. The van der Waals surface area contributed by atoms with Crippen molar-refractivity contribution in [3.8, 4) is 0 Å². The van der Waals surface area contributed by atoms with E-state index in [0.29, 0.717) is 24.3 Å². The van der Waals surface area contributed by atoms with Crippen LogP contribution in [0.1, 0.15) is 18.4 Å². The Morgan fingerprint density at radius 1 is 1.00 bits per heavy atom. The number of hydrogen-bond acceptors (Lipinski definition) is 3. The van der Waals surface area contributed by atoms with E-state index < -0.39 is 11.7 Å². The van der Waals surface area contributed by atoms with Crippen LogP contribution in [0, 0.1) is 0 Å². The van der Waals surface area contributed by atoms with Crippen LogP contribution < -0.4 is 15.5 Å². The minimum atomic E-state index is -4.39. The van der Waals surface area contributed by atoms with Gasteiger partial charge < -0.3 is 15.5 Å². The van der Waals surface area contributed by atoms with Crippen molar-refractivity contribution in [3.63, 3.8) is 0 Å². The summed E-state index contributed by atoms with van der Waals surface area (Å²) in [6.07, 6.45) is -3.00. The summed E-state index contributed by atoms with van der Waals surface area (Å²) in [7, 11) is 0. The molecule has 0 unspecified atom stereocenters. The van der Waals surface area contributed by atoms with Crippen LogP contribution in [-0.4, -0.2) is 24.9 Å². The number of benzene rings is 2. The smallest absolute Gasteiger partial charge is 0.376 e. The number of nitrogens with one attached hydrogen (secondary N) is 2. The van der Waals surface area contributed by atoms with Gasteiger partial charge >= 0.3 is 6.18 Å². The van der Waals surface area contributed by atoms with Crippen LogP contribution in [-0.2, 0) is 15.8 Å². The molecular formula is C19H18F3N3O2. The number of hydrogen-bond donors (Lipinski definition) is 2. The van der Waals surface area contributed by atoms with E-state index in [0.717, 1.165) is 24.2 Å². The van der Waals surface area contributed by atoms with Crippen LogP contribution in [0.25, 0.3) is 0 Å². The van der Waals surface area contributed by atoms with Crippen molar-refractivity contribution >= 4 is 28.9 Å². The van der Waals surface area contributed by atoms with Crippen molar-refractivity contribution in [1.82, 2.24) is 0 Å². The molecule has 2 aromatic rings. The van der Waals surface area contributed by atoms with E-state index in [-0.39, 0.29) is 18.4 Å². The quantitative estimate of drug-likeness (QED) is 0.831. The Kier molecular flexibility index (Phi) is 5.34. The predicted molar refractivity (Wildman–Crippen MR) is 96.6 cm³/mol. The maximum Gasteiger partial charge on any atom is 0.416 e. The van der Waals surface area contributed by atoms with Crippen molar-refractivity contribution in [2.75, 3.05) is 28.6 Å². The molecule has 142 valence electrons. The number of nitrogens with zero attached hydrogens (tertiary/aromatic N) is 1. The molecule has 2 N–H and O–H groups in total. The van der Waals surface area contributed by atoms with Crippen molar-refractivity contribution in [3.05, 3.63) is 54.1 Å². The zero-order chi connectivity index (χ0) is 19.4. The van der Waals surface area contributed by atoms with E-state index >= 15 is 0 Å². The van der Waals surface area contributed by atoms with Crippen LogP contribution in [0.2, 0.25) is 0 Å². The normalized spacial score (nSPS) is 14.3. The molecule has 5 nitrogen and oxygen atoms in total.